The second kappa shape index (κ2) is 6.82. The fourth-order valence-corrected chi connectivity index (χ4v) is 3.04. The molecule has 0 aliphatic heterocycles. The first kappa shape index (κ1) is 18.6. The van der Waals surface area contributed by atoms with Crippen LogP contribution in [0.5, 0.6) is 0 Å². The highest BCUT2D eigenvalue weighted by Crippen LogP contribution is 2.19. The number of aromatic amines is 1. The number of carbonyl (C=O) groups is 1. The first-order valence-electron chi connectivity index (χ1n) is 8.66. The average Bonchev–Trinajstić information content (AvgIpc) is 2.97. The fourth-order valence-electron chi connectivity index (χ4n) is 3.04. The zero-order chi connectivity index (χ0) is 19.9. The molecule has 3 aromatic heterocycles. The van der Waals surface area contributed by atoms with E-state index in [0.717, 1.165) is 11.3 Å². The Kier molecular flexibility index (Phi) is 4.69. The lowest BCUT2D eigenvalue weighted by molar-refractivity contribution is 0.0941. The van der Waals surface area contributed by atoms with Crippen molar-refractivity contribution in [1.29, 1.82) is 0 Å². The van der Waals surface area contributed by atoms with Crippen molar-refractivity contribution in [3.8, 4) is 0 Å². The van der Waals surface area contributed by atoms with Crippen LogP contribution in [0.25, 0.3) is 11.0 Å². The Balaban J connectivity index is 2.11. The number of hydrogen-bond donors (Lipinski definition) is 2. The van der Waals surface area contributed by atoms with Gasteiger partial charge < -0.3 is 5.32 Å². The lowest BCUT2D eigenvalue weighted by Gasteiger charge is -2.15. The van der Waals surface area contributed by atoms with E-state index in [2.05, 4.69) is 20.4 Å². The largest absolute Gasteiger partial charge is 0.345 e. The quantitative estimate of drug-likeness (QED) is 0.702. The summed E-state index contributed by atoms with van der Waals surface area (Å²) in [5, 5.41) is 7.20. The number of nitrogens with one attached hydrogen (secondary N) is 2. The van der Waals surface area contributed by atoms with Crippen molar-refractivity contribution in [1.82, 2.24) is 29.6 Å². The topological polar surface area (TPSA) is 115 Å². The number of H-pyrrole nitrogens is 1. The standard InChI is InChI=1S/C18H22N6O3/c1-6-11-7-12(14-15(21-11)23(4)18(27)22-17(14)26)16(25)20-9(2)13-8-19-24(5)10(13)3/h7-9H,6H2,1-5H3,(H,20,25)(H,22,26,27)/t9-/m1/s1. The molecule has 3 rings (SSSR count). The van der Waals surface area contributed by atoms with Crippen LogP contribution in [0.4, 0.5) is 0 Å². The summed E-state index contributed by atoms with van der Waals surface area (Å²) in [7, 11) is 3.34. The fraction of sp³-hybridized carbons (Fsp3) is 0.389. The van der Waals surface area contributed by atoms with E-state index < -0.39 is 17.2 Å². The molecule has 3 aromatic rings. The molecule has 0 radical (unpaired) electrons. The van der Waals surface area contributed by atoms with Crippen LogP contribution in [0, 0.1) is 6.92 Å². The van der Waals surface area contributed by atoms with E-state index in [0.29, 0.717) is 12.1 Å². The lowest BCUT2D eigenvalue weighted by atomic mass is 10.1. The number of pyridine rings is 1. The molecular weight excluding hydrogens is 348 g/mol. The predicted molar refractivity (Wildman–Crippen MR) is 101 cm³/mol. The second-order valence-electron chi connectivity index (χ2n) is 6.54. The predicted octanol–water partition coefficient (Wildman–Crippen LogP) is 0.717. The molecule has 9 nitrogen and oxygen atoms in total. The minimum atomic E-state index is -0.626. The summed E-state index contributed by atoms with van der Waals surface area (Å²) in [6.45, 7) is 5.66. The van der Waals surface area contributed by atoms with Crippen LogP contribution in [0.1, 0.15) is 47.2 Å². The van der Waals surface area contributed by atoms with Crippen molar-refractivity contribution in [2.24, 2.45) is 14.1 Å². The van der Waals surface area contributed by atoms with Crippen LogP contribution in [0.3, 0.4) is 0 Å². The molecule has 0 unspecified atom stereocenters. The van der Waals surface area contributed by atoms with E-state index >= 15 is 0 Å². The molecule has 0 fully saturated rings. The van der Waals surface area contributed by atoms with E-state index in [1.54, 1.807) is 16.9 Å². The number of aryl methyl sites for hydroxylation is 3. The van der Waals surface area contributed by atoms with Gasteiger partial charge in [-0.15, -0.1) is 0 Å². The van der Waals surface area contributed by atoms with E-state index in [-0.39, 0.29) is 22.6 Å². The van der Waals surface area contributed by atoms with Gasteiger partial charge in [0.15, 0.2) is 0 Å². The third-order valence-corrected chi connectivity index (χ3v) is 4.82. The Morgan fingerprint density at radius 3 is 2.63 bits per heavy atom. The summed E-state index contributed by atoms with van der Waals surface area (Å²) in [5.41, 5.74) is 1.65. The Morgan fingerprint density at radius 1 is 1.33 bits per heavy atom. The Bertz CT molecular complexity index is 1150. The number of aromatic nitrogens is 5. The van der Waals surface area contributed by atoms with E-state index in [1.807, 2.05) is 27.8 Å². The second-order valence-corrected chi connectivity index (χ2v) is 6.54. The van der Waals surface area contributed by atoms with Gasteiger partial charge in [-0.2, -0.15) is 5.10 Å². The maximum absolute atomic E-state index is 13.0. The molecule has 142 valence electrons. The molecule has 1 atom stereocenters. The number of rotatable bonds is 4. The smallest absolute Gasteiger partial charge is 0.329 e. The number of amides is 1. The van der Waals surface area contributed by atoms with Crippen molar-refractivity contribution in [3.05, 3.63) is 55.6 Å². The van der Waals surface area contributed by atoms with Crippen molar-refractivity contribution < 1.29 is 4.79 Å². The molecule has 0 saturated carbocycles. The Hall–Kier alpha value is -3.23. The highest BCUT2D eigenvalue weighted by atomic mass is 16.2. The maximum Gasteiger partial charge on any atom is 0.329 e. The summed E-state index contributed by atoms with van der Waals surface area (Å²) >= 11 is 0. The number of carbonyl (C=O) groups excluding carboxylic acids is 1. The first-order chi connectivity index (χ1) is 12.7. The van der Waals surface area contributed by atoms with Crippen LogP contribution < -0.4 is 16.6 Å². The highest BCUT2D eigenvalue weighted by molar-refractivity contribution is 6.05. The molecule has 1 amide bonds. The van der Waals surface area contributed by atoms with E-state index in [4.69, 9.17) is 0 Å². The molecular formula is C18H22N6O3. The van der Waals surface area contributed by atoms with Gasteiger partial charge in [-0.1, -0.05) is 6.92 Å². The van der Waals surface area contributed by atoms with Gasteiger partial charge >= 0.3 is 5.69 Å². The number of hydrogen-bond acceptors (Lipinski definition) is 5. The SMILES string of the molecule is CCc1cc(C(=O)N[C@H](C)c2cnn(C)c2C)c2c(=O)[nH]c(=O)n(C)c2n1. The van der Waals surface area contributed by atoms with Gasteiger partial charge in [0.25, 0.3) is 11.5 Å². The molecule has 0 spiro atoms. The van der Waals surface area contributed by atoms with Crippen LogP contribution in [0.2, 0.25) is 0 Å². The summed E-state index contributed by atoms with van der Waals surface area (Å²) in [4.78, 5) is 43.8. The van der Waals surface area contributed by atoms with Crippen molar-refractivity contribution in [2.45, 2.75) is 33.2 Å². The van der Waals surface area contributed by atoms with Crippen LogP contribution in [-0.2, 0) is 20.5 Å². The van der Waals surface area contributed by atoms with Crippen molar-refractivity contribution in [2.75, 3.05) is 0 Å². The van der Waals surface area contributed by atoms with Crippen LogP contribution in [-0.4, -0.2) is 30.2 Å². The molecule has 0 saturated heterocycles. The average molecular weight is 370 g/mol. The molecule has 9 heteroatoms. The van der Waals surface area contributed by atoms with Gasteiger partial charge in [0.05, 0.1) is 23.2 Å². The zero-order valence-corrected chi connectivity index (χ0v) is 16.0. The first-order valence-corrected chi connectivity index (χ1v) is 8.66. The van der Waals surface area contributed by atoms with Gasteiger partial charge in [-0.3, -0.25) is 23.8 Å². The molecule has 0 bridgehead atoms. The number of nitrogens with zero attached hydrogens (tertiary/aromatic N) is 4. The van der Waals surface area contributed by atoms with Crippen LogP contribution >= 0.6 is 0 Å². The monoisotopic (exact) mass is 370 g/mol. The van der Waals surface area contributed by atoms with E-state index in [9.17, 15) is 14.4 Å². The third-order valence-electron chi connectivity index (χ3n) is 4.82. The Morgan fingerprint density at radius 2 is 2.04 bits per heavy atom. The van der Waals surface area contributed by atoms with E-state index in [1.165, 1.54) is 11.6 Å². The summed E-state index contributed by atoms with van der Waals surface area (Å²) < 4.78 is 2.97. The van der Waals surface area contributed by atoms with Gasteiger partial charge in [-0.05, 0) is 26.3 Å². The minimum absolute atomic E-state index is 0.0990. The van der Waals surface area contributed by atoms with Crippen molar-refractivity contribution >= 4 is 16.9 Å². The van der Waals surface area contributed by atoms with Gasteiger partial charge in [0.2, 0.25) is 0 Å². The zero-order valence-electron chi connectivity index (χ0n) is 16.0. The minimum Gasteiger partial charge on any atom is -0.345 e. The lowest BCUT2D eigenvalue weighted by Crippen LogP contribution is -2.33. The van der Waals surface area contributed by atoms with Gasteiger partial charge in [-0.25, -0.2) is 9.78 Å². The maximum atomic E-state index is 13.0. The highest BCUT2D eigenvalue weighted by Gasteiger charge is 2.21. The normalized spacial score (nSPS) is 12.3. The number of fused-ring (bicyclic) bond motifs is 1. The van der Waals surface area contributed by atoms with Gasteiger partial charge in [0, 0.05) is 31.0 Å². The summed E-state index contributed by atoms with van der Waals surface area (Å²) in [6.07, 6.45) is 2.27. The third kappa shape index (κ3) is 3.16. The molecule has 0 aliphatic carbocycles. The molecule has 2 N–H and O–H groups in total. The summed E-state index contributed by atoms with van der Waals surface area (Å²) in [6, 6.07) is 1.30. The van der Waals surface area contributed by atoms with Crippen molar-refractivity contribution in [3.63, 3.8) is 0 Å². The Labute approximate surface area is 155 Å². The van der Waals surface area contributed by atoms with Crippen LogP contribution in [0.15, 0.2) is 21.9 Å². The molecule has 0 aromatic carbocycles. The summed E-state index contributed by atoms with van der Waals surface area (Å²) in [5.74, 6) is -0.406. The molecule has 3 heterocycles. The molecule has 27 heavy (non-hydrogen) atoms. The van der Waals surface area contributed by atoms with Gasteiger partial charge in [0.1, 0.15) is 5.65 Å². The molecule has 0 aliphatic rings.